The number of rotatable bonds is 0. The maximum Gasteiger partial charge on any atom is 0 e. The molecule has 2 heteroatoms. The molecule has 0 unspecified atom stereocenters. The summed E-state index contributed by atoms with van der Waals surface area (Å²) in [6, 6.07) is 17.4. The summed E-state index contributed by atoms with van der Waals surface area (Å²) in [5, 5.41) is 1.93. The third-order valence-corrected chi connectivity index (χ3v) is 2.40. The smallest absolute Gasteiger partial charge is 0 e. The summed E-state index contributed by atoms with van der Waals surface area (Å²) in [5.41, 5.74) is 2.65. The minimum absolute atomic E-state index is 0. The summed E-state index contributed by atoms with van der Waals surface area (Å²) in [6.45, 7) is 11.7. The van der Waals surface area contributed by atoms with Gasteiger partial charge in [0.1, 0.15) is 0 Å². The van der Waals surface area contributed by atoms with Gasteiger partial charge < -0.3 is 0 Å². The molecule has 0 fully saturated rings. The summed E-state index contributed by atoms with van der Waals surface area (Å²) >= 11 is 0. The maximum absolute atomic E-state index is 3.74. The Morgan fingerprint density at radius 3 is 1.67 bits per heavy atom. The van der Waals surface area contributed by atoms with E-state index in [-0.39, 0.29) is 65.4 Å². The van der Waals surface area contributed by atoms with E-state index in [1.807, 2.05) is 30.3 Å². The summed E-state index contributed by atoms with van der Waals surface area (Å²) in [7, 11) is 0. The topological polar surface area (TPSA) is 0 Å². The van der Waals surface area contributed by atoms with Crippen molar-refractivity contribution in [2.45, 2.75) is 13.8 Å². The third-order valence-electron chi connectivity index (χ3n) is 2.40. The average molecular weight is 386 g/mol. The van der Waals surface area contributed by atoms with Crippen LogP contribution in [-0.2, 0) is 65.4 Å². The Bertz CT molecular complexity index is 497. The second-order valence-electron chi connectivity index (χ2n) is 3.71. The van der Waals surface area contributed by atoms with E-state index < -0.39 is 0 Å². The van der Waals surface area contributed by atoms with Gasteiger partial charge in [0.05, 0.1) is 0 Å². The number of hydrogen-bond acceptors (Lipinski definition) is 0. The van der Waals surface area contributed by atoms with Crippen LogP contribution in [0.15, 0.2) is 36.4 Å². The minimum Gasteiger partial charge on any atom is -0.184 e. The summed E-state index contributed by atoms with van der Waals surface area (Å²) in [5.74, 6) is 0. The first-order chi connectivity index (χ1) is 7.61. The molecular weight excluding hydrogens is 370 g/mol. The average Bonchev–Trinajstić information content (AvgIpc) is 2.28. The van der Waals surface area contributed by atoms with Crippen LogP contribution < -0.4 is 10.4 Å². The normalized spacial score (nSPS) is 8.11. The molecular formula is C16H16Y2-2. The standard InChI is InChI=1S/C8H9.C8H7.2Y/c2*1-7-5-3-4-6-8(7)2;;/h3,5-6H,1-2H3;3,5-6H,1-2H2;;/q2*-1;;. The van der Waals surface area contributed by atoms with Gasteiger partial charge in [-0.2, -0.15) is 59.7 Å². The van der Waals surface area contributed by atoms with Crippen molar-refractivity contribution in [2.75, 3.05) is 0 Å². The fourth-order valence-corrected chi connectivity index (χ4v) is 1.09. The summed E-state index contributed by atoms with van der Waals surface area (Å²) in [6.07, 6.45) is 0. The first-order valence-corrected chi connectivity index (χ1v) is 5.18. The molecule has 0 saturated heterocycles. The van der Waals surface area contributed by atoms with E-state index in [1.165, 1.54) is 11.1 Å². The van der Waals surface area contributed by atoms with Gasteiger partial charge in [0, 0.05) is 65.4 Å². The molecule has 0 bridgehead atoms. The summed E-state index contributed by atoms with van der Waals surface area (Å²) < 4.78 is 0. The molecule has 0 N–H and O–H groups in total. The van der Waals surface area contributed by atoms with E-state index in [1.54, 1.807) is 0 Å². The van der Waals surface area contributed by atoms with Gasteiger partial charge in [0.25, 0.3) is 0 Å². The monoisotopic (exact) mass is 386 g/mol. The minimum atomic E-state index is 0. The molecule has 2 aromatic rings. The maximum atomic E-state index is 3.74. The van der Waals surface area contributed by atoms with Crippen LogP contribution in [0.25, 0.3) is 13.2 Å². The van der Waals surface area contributed by atoms with Crippen LogP contribution in [0.5, 0.6) is 0 Å². The van der Waals surface area contributed by atoms with Crippen molar-refractivity contribution in [3.05, 3.63) is 70.1 Å². The van der Waals surface area contributed by atoms with Crippen LogP contribution in [0.3, 0.4) is 0 Å². The molecule has 0 saturated carbocycles. The van der Waals surface area contributed by atoms with Crippen molar-refractivity contribution in [2.24, 2.45) is 0 Å². The predicted octanol–water partition coefficient (Wildman–Crippen LogP) is 2.41. The number of aryl methyl sites for hydroxylation is 2. The van der Waals surface area contributed by atoms with Crippen LogP contribution in [0, 0.1) is 26.0 Å². The van der Waals surface area contributed by atoms with Crippen molar-refractivity contribution in [3.8, 4) is 0 Å². The van der Waals surface area contributed by atoms with Gasteiger partial charge in [-0.15, -0.1) is 23.6 Å². The van der Waals surface area contributed by atoms with E-state index >= 15 is 0 Å². The summed E-state index contributed by atoms with van der Waals surface area (Å²) in [4.78, 5) is 0. The Balaban J connectivity index is 0. The zero-order chi connectivity index (χ0) is 12.0. The quantitative estimate of drug-likeness (QED) is 0.611. The third kappa shape index (κ3) is 7.74. The Labute approximate surface area is 160 Å². The molecule has 88 valence electrons. The number of benzene rings is 2. The molecule has 0 heterocycles. The van der Waals surface area contributed by atoms with Crippen LogP contribution in [-0.4, -0.2) is 0 Å². The SMILES string of the molecule is C=c1c[c-]ccc1=C.Cc1c[c-]ccc1C.[Y].[Y]. The van der Waals surface area contributed by atoms with Crippen LogP contribution in [0.1, 0.15) is 11.1 Å². The molecule has 2 aromatic carbocycles. The van der Waals surface area contributed by atoms with Gasteiger partial charge in [0.2, 0.25) is 0 Å². The van der Waals surface area contributed by atoms with E-state index in [9.17, 15) is 0 Å². The van der Waals surface area contributed by atoms with Crippen LogP contribution in [0.2, 0.25) is 0 Å². The molecule has 18 heavy (non-hydrogen) atoms. The zero-order valence-corrected chi connectivity index (χ0v) is 16.7. The molecule has 0 aliphatic rings. The second-order valence-corrected chi connectivity index (χ2v) is 3.71. The molecule has 0 aliphatic heterocycles. The fraction of sp³-hybridized carbons (Fsp3) is 0.125. The predicted molar refractivity (Wildman–Crippen MR) is 70.3 cm³/mol. The Morgan fingerprint density at radius 2 is 1.33 bits per heavy atom. The van der Waals surface area contributed by atoms with Gasteiger partial charge in [0.15, 0.2) is 0 Å². The van der Waals surface area contributed by atoms with Crippen LogP contribution in [0.4, 0.5) is 0 Å². The molecule has 0 aromatic heterocycles. The Kier molecular flexibility index (Phi) is 12.9. The van der Waals surface area contributed by atoms with E-state index in [2.05, 4.69) is 45.2 Å². The van der Waals surface area contributed by atoms with Gasteiger partial charge in [-0.3, -0.25) is 0 Å². The van der Waals surface area contributed by atoms with E-state index in [0.29, 0.717) is 0 Å². The van der Waals surface area contributed by atoms with Crippen molar-refractivity contribution in [3.63, 3.8) is 0 Å². The van der Waals surface area contributed by atoms with E-state index in [4.69, 9.17) is 0 Å². The van der Waals surface area contributed by atoms with Gasteiger partial charge in [-0.05, 0) is 0 Å². The van der Waals surface area contributed by atoms with Gasteiger partial charge >= 0.3 is 0 Å². The largest absolute Gasteiger partial charge is 0.184 e. The first kappa shape index (κ1) is 20.7. The fourth-order valence-electron chi connectivity index (χ4n) is 1.09. The Morgan fingerprint density at radius 1 is 0.778 bits per heavy atom. The molecule has 2 radical (unpaired) electrons. The molecule has 0 aliphatic carbocycles. The molecule has 0 amide bonds. The second kappa shape index (κ2) is 11.2. The van der Waals surface area contributed by atoms with E-state index in [0.717, 1.165) is 10.4 Å². The van der Waals surface area contributed by atoms with Crippen molar-refractivity contribution >= 4 is 13.2 Å². The van der Waals surface area contributed by atoms with Crippen LogP contribution >= 0.6 is 0 Å². The molecule has 2 rings (SSSR count). The number of hydrogen-bond donors (Lipinski definition) is 0. The van der Waals surface area contributed by atoms with Crippen molar-refractivity contribution < 1.29 is 65.4 Å². The van der Waals surface area contributed by atoms with Gasteiger partial charge in [-0.25, -0.2) is 0 Å². The first-order valence-electron chi connectivity index (χ1n) is 5.18. The van der Waals surface area contributed by atoms with Gasteiger partial charge in [-0.1, -0.05) is 13.8 Å². The molecule has 0 nitrogen and oxygen atoms in total. The zero-order valence-electron chi connectivity index (χ0n) is 11.0. The van der Waals surface area contributed by atoms with Crippen molar-refractivity contribution in [1.82, 2.24) is 0 Å². The van der Waals surface area contributed by atoms with Crippen molar-refractivity contribution in [1.29, 1.82) is 0 Å². The molecule has 0 spiro atoms. The Hall–Kier alpha value is 0.388. The molecule has 0 atom stereocenters.